The van der Waals surface area contributed by atoms with E-state index in [1.165, 1.54) is 18.4 Å². The molecule has 7 nitrogen and oxygen atoms in total. The Morgan fingerprint density at radius 1 is 1.10 bits per heavy atom. The molecule has 29 heavy (non-hydrogen) atoms. The largest absolute Gasteiger partial charge is 0.495 e. The van der Waals surface area contributed by atoms with Gasteiger partial charge in [-0.2, -0.15) is 0 Å². The maximum atomic E-state index is 12.6. The van der Waals surface area contributed by atoms with Gasteiger partial charge in [0.2, 0.25) is 5.91 Å². The molecule has 3 rings (SSSR count). The number of carbonyl (C=O) groups is 2. The number of piperazine rings is 1. The van der Waals surface area contributed by atoms with Crippen LogP contribution < -0.4 is 15.0 Å². The first-order valence-electron chi connectivity index (χ1n) is 9.53. The van der Waals surface area contributed by atoms with Gasteiger partial charge in [-0.1, -0.05) is 12.1 Å². The zero-order valence-electron chi connectivity index (χ0n) is 17.3. The highest BCUT2D eigenvalue weighted by Gasteiger charge is 2.24. The standard InChI is InChI=1S/C21H27N3O4S/c1-14-15(2)29-20(19(14)21(26)28-4)22-18(25)13-23-9-11-24(12-10-23)16-7-5-6-8-17(16)27-3/h5-8H,9-13H2,1-4H3,(H,22,25). The number of thiophene rings is 1. The van der Waals surface area contributed by atoms with Crippen LogP contribution in [0.1, 0.15) is 20.8 Å². The molecule has 2 heterocycles. The highest BCUT2D eigenvalue weighted by Crippen LogP contribution is 2.33. The van der Waals surface area contributed by atoms with Gasteiger partial charge in [0.05, 0.1) is 32.0 Å². The molecule has 0 aliphatic carbocycles. The topological polar surface area (TPSA) is 71.1 Å². The van der Waals surface area contributed by atoms with Crippen LogP contribution in [0.4, 0.5) is 10.7 Å². The minimum atomic E-state index is -0.424. The van der Waals surface area contributed by atoms with Crippen LogP contribution in [-0.2, 0) is 9.53 Å². The lowest BCUT2D eigenvalue weighted by Crippen LogP contribution is -2.48. The van der Waals surface area contributed by atoms with Crippen LogP contribution in [0.5, 0.6) is 5.75 Å². The van der Waals surface area contributed by atoms with Gasteiger partial charge in [0.25, 0.3) is 0 Å². The lowest BCUT2D eigenvalue weighted by atomic mass is 10.1. The quantitative estimate of drug-likeness (QED) is 0.729. The average Bonchev–Trinajstić information content (AvgIpc) is 3.01. The second kappa shape index (κ2) is 9.28. The van der Waals surface area contributed by atoms with Crippen LogP contribution in [0.15, 0.2) is 24.3 Å². The highest BCUT2D eigenvalue weighted by molar-refractivity contribution is 7.16. The predicted octanol–water partition coefficient (Wildman–Crippen LogP) is 2.92. The summed E-state index contributed by atoms with van der Waals surface area (Å²) in [5.74, 6) is 0.312. The number of hydrogen-bond donors (Lipinski definition) is 1. The fraction of sp³-hybridized carbons (Fsp3) is 0.429. The molecule has 0 spiro atoms. The zero-order valence-corrected chi connectivity index (χ0v) is 18.1. The van der Waals surface area contributed by atoms with Crippen molar-refractivity contribution in [3.63, 3.8) is 0 Å². The van der Waals surface area contributed by atoms with E-state index in [0.717, 1.165) is 48.1 Å². The van der Waals surface area contributed by atoms with Gasteiger partial charge >= 0.3 is 5.97 Å². The van der Waals surface area contributed by atoms with E-state index in [0.29, 0.717) is 10.6 Å². The number of para-hydroxylation sites is 2. The second-order valence-corrected chi connectivity index (χ2v) is 8.19. The Bertz CT molecular complexity index is 888. The third kappa shape index (κ3) is 4.71. The van der Waals surface area contributed by atoms with E-state index < -0.39 is 5.97 Å². The summed E-state index contributed by atoms with van der Waals surface area (Å²) < 4.78 is 10.3. The van der Waals surface area contributed by atoms with Gasteiger partial charge < -0.3 is 19.7 Å². The lowest BCUT2D eigenvalue weighted by molar-refractivity contribution is -0.117. The van der Waals surface area contributed by atoms with E-state index in [2.05, 4.69) is 21.2 Å². The summed E-state index contributed by atoms with van der Waals surface area (Å²) >= 11 is 1.40. The van der Waals surface area contributed by atoms with Crippen molar-refractivity contribution in [2.45, 2.75) is 13.8 Å². The summed E-state index contributed by atoms with van der Waals surface area (Å²) in [5, 5.41) is 3.46. The summed E-state index contributed by atoms with van der Waals surface area (Å²) in [6.45, 7) is 7.27. The number of nitrogens with zero attached hydrogens (tertiary/aromatic N) is 2. The molecule has 1 aliphatic rings. The Balaban J connectivity index is 1.58. The molecule has 2 aromatic rings. The number of anilines is 2. The number of carbonyl (C=O) groups excluding carboxylic acids is 2. The van der Waals surface area contributed by atoms with Crippen LogP contribution in [0.3, 0.4) is 0 Å². The summed E-state index contributed by atoms with van der Waals surface area (Å²) in [6, 6.07) is 7.97. The van der Waals surface area contributed by atoms with Gasteiger partial charge in [-0.05, 0) is 31.5 Å². The molecule has 0 atom stereocenters. The fourth-order valence-electron chi connectivity index (χ4n) is 3.47. The molecule has 0 radical (unpaired) electrons. The summed E-state index contributed by atoms with van der Waals surface area (Å²) in [4.78, 5) is 30.0. The Morgan fingerprint density at radius 3 is 2.45 bits per heavy atom. The van der Waals surface area contributed by atoms with E-state index >= 15 is 0 Å². The summed E-state index contributed by atoms with van der Waals surface area (Å²) in [7, 11) is 3.03. The van der Waals surface area contributed by atoms with E-state index in [1.54, 1.807) is 7.11 Å². The third-order valence-electron chi connectivity index (χ3n) is 5.19. The number of benzene rings is 1. The van der Waals surface area contributed by atoms with Crippen LogP contribution in [0.25, 0.3) is 0 Å². The molecule has 1 amide bonds. The molecule has 156 valence electrons. The van der Waals surface area contributed by atoms with Gasteiger partial charge in [-0.25, -0.2) is 4.79 Å². The highest BCUT2D eigenvalue weighted by atomic mass is 32.1. The molecule has 0 bridgehead atoms. The smallest absolute Gasteiger partial charge is 0.341 e. The Hall–Kier alpha value is -2.58. The molecule has 1 aromatic carbocycles. The minimum absolute atomic E-state index is 0.123. The molecular formula is C21H27N3O4S. The first-order valence-corrected chi connectivity index (χ1v) is 10.3. The van der Waals surface area contributed by atoms with Crippen LogP contribution in [0, 0.1) is 13.8 Å². The minimum Gasteiger partial charge on any atom is -0.495 e. The van der Waals surface area contributed by atoms with E-state index in [1.807, 2.05) is 32.0 Å². The number of ether oxygens (including phenoxy) is 2. The van der Waals surface area contributed by atoms with Crippen molar-refractivity contribution in [3.05, 3.63) is 40.3 Å². The third-order valence-corrected chi connectivity index (χ3v) is 6.32. The fourth-order valence-corrected chi connectivity index (χ4v) is 4.53. The normalized spacial score (nSPS) is 14.6. The van der Waals surface area contributed by atoms with Gasteiger partial charge in [0.15, 0.2) is 0 Å². The first-order chi connectivity index (χ1) is 13.9. The Labute approximate surface area is 175 Å². The first kappa shape index (κ1) is 21.1. The van der Waals surface area contributed by atoms with Crippen molar-refractivity contribution < 1.29 is 19.1 Å². The van der Waals surface area contributed by atoms with Crippen molar-refractivity contribution in [3.8, 4) is 5.75 Å². The van der Waals surface area contributed by atoms with E-state index in [4.69, 9.17) is 9.47 Å². The average molecular weight is 418 g/mol. The maximum Gasteiger partial charge on any atom is 0.341 e. The van der Waals surface area contributed by atoms with Crippen molar-refractivity contribution in [2.75, 3.05) is 57.2 Å². The number of hydrogen-bond acceptors (Lipinski definition) is 7. The van der Waals surface area contributed by atoms with Gasteiger partial charge in [0, 0.05) is 31.1 Å². The number of nitrogens with one attached hydrogen (secondary N) is 1. The molecular weight excluding hydrogens is 390 g/mol. The lowest BCUT2D eigenvalue weighted by Gasteiger charge is -2.36. The zero-order chi connectivity index (χ0) is 21.0. The summed E-state index contributed by atoms with van der Waals surface area (Å²) in [6.07, 6.45) is 0. The Kier molecular flexibility index (Phi) is 6.76. The second-order valence-electron chi connectivity index (χ2n) is 6.96. The van der Waals surface area contributed by atoms with Gasteiger partial charge in [-0.3, -0.25) is 9.69 Å². The number of esters is 1. The van der Waals surface area contributed by atoms with E-state index in [-0.39, 0.29) is 12.5 Å². The molecule has 8 heteroatoms. The Morgan fingerprint density at radius 2 is 1.79 bits per heavy atom. The summed E-state index contributed by atoms with van der Waals surface area (Å²) in [5.41, 5.74) is 2.37. The van der Waals surface area contributed by atoms with Crippen molar-refractivity contribution >= 4 is 33.9 Å². The monoisotopic (exact) mass is 417 g/mol. The van der Waals surface area contributed by atoms with Gasteiger partial charge in [-0.15, -0.1) is 11.3 Å². The molecule has 1 N–H and O–H groups in total. The molecule has 0 unspecified atom stereocenters. The predicted molar refractivity (Wildman–Crippen MR) is 115 cm³/mol. The van der Waals surface area contributed by atoms with Crippen molar-refractivity contribution in [1.82, 2.24) is 4.90 Å². The van der Waals surface area contributed by atoms with Crippen molar-refractivity contribution in [2.24, 2.45) is 0 Å². The van der Waals surface area contributed by atoms with E-state index in [9.17, 15) is 9.59 Å². The van der Waals surface area contributed by atoms with Crippen LogP contribution >= 0.6 is 11.3 Å². The molecule has 1 aromatic heterocycles. The maximum absolute atomic E-state index is 12.6. The number of aryl methyl sites for hydroxylation is 1. The molecule has 0 saturated carbocycles. The number of methoxy groups -OCH3 is 2. The van der Waals surface area contributed by atoms with Crippen molar-refractivity contribution in [1.29, 1.82) is 0 Å². The van der Waals surface area contributed by atoms with Crippen LogP contribution in [0.2, 0.25) is 0 Å². The molecule has 1 saturated heterocycles. The molecule has 1 aliphatic heterocycles. The number of rotatable bonds is 6. The SMILES string of the molecule is COC(=O)c1c(NC(=O)CN2CCN(c3ccccc3OC)CC2)sc(C)c1C. The van der Waals surface area contributed by atoms with Crippen LogP contribution in [-0.4, -0.2) is 63.7 Å². The number of amides is 1. The molecule has 1 fully saturated rings. The van der Waals surface area contributed by atoms with Gasteiger partial charge in [0.1, 0.15) is 10.8 Å².